The zero-order chi connectivity index (χ0) is 15.2. The molecule has 0 aliphatic heterocycles. The number of hydrogen-bond donors (Lipinski definition) is 2. The Labute approximate surface area is 128 Å². The molecule has 21 heavy (non-hydrogen) atoms. The molecule has 3 fully saturated rings. The molecule has 0 heterocycles. The lowest BCUT2D eigenvalue weighted by molar-refractivity contribution is 0.143. The Morgan fingerprint density at radius 2 is 1.95 bits per heavy atom. The first-order valence-corrected chi connectivity index (χ1v) is 8.41. The molecule has 3 aliphatic carbocycles. The third-order valence-electron chi connectivity index (χ3n) is 6.23. The Hall–Kier alpha value is -0.860. The lowest BCUT2D eigenvalue weighted by Crippen LogP contribution is -2.34. The minimum absolute atomic E-state index is 0.442. The smallest absolute Gasteiger partial charge is 0.102 e. The highest BCUT2D eigenvalue weighted by Crippen LogP contribution is 2.56. The summed E-state index contributed by atoms with van der Waals surface area (Å²) < 4.78 is 0. The van der Waals surface area contributed by atoms with Crippen molar-refractivity contribution in [1.82, 2.24) is 0 Å². The molecule has 3 saturated carbocycles. The molecule has 0 amide bonds. The first-order valence-electron chi connectivity index (χ1n) is 8.41. The number of aliphatic hydroxyl groups excluding tert-OH is 2. The fourth-order valence-electron chi connectivity index (χ4n) is 5.02. The zero-order valence-electron chi connectivity index (χ0n) is 13.4. The minimum atomic E-state index is -0.698. The summed E-state index contributed by atoms with van der Waals surface area (Å²) in [4.78, 5) is 0. The molecule has 0 spiro atoms. The molecular weight excluding hydrogens is 260 g/mol. The molecule has 3 rings (SSSR count). The summed E-state index contributed by atoms with van der Waals surface area (Å²) in [7, 11) is 0. The molecule has 0 aromatic carbocycles. The highest BCUT2D eigenvalue weighted by atomic mass is 16.3. The van der Waals surface area contributed by atoms with Crippen molar-refractivity contribution < 1.29 is 10.2 Å². The average Bonchev–Trinajstić information content (AvgIpc) is 2.85. The lowest BCUT2D eigenvalue weighted by atomic mass is 9.64. The third-order valence-corrected chi connectivity index (χ3v) is 6.23. The second-order valence-corrected chi connectivity index (χ2v) is 7.39. The molecule has 2 N–H and O–H groups in total. The molecule has 4 unspecified atom stereocenters. The Balaban J connectivity index is 2.00. The monoisotopic (exact) mass is 288 g/mol. The molecule has 2 nitrogen and oxygen atoms in total. The van der Waals surface area contributed by atoms with Crippen molar-refractivity contribution in [2.75, 3.05) is 0 Å². The number of aliphatic hydroxyl groups is 2. The van der Waals surface area contributed by atoms with Gasteiger partial charge in [-0.15, -0.1) is 0 Å². The van der Waals surface area contributed by atoms with Crippen LogP contribution in [0, 0.1) is 11.3 Å². The molecule has 0 radical (unpaired) electrons. The van der Waals surface area contributed by atoms with E-state index in [0.717, 1.165) is 12.0 Å². The largest absolute Gasteiger partial charge is 0.388 e. The predicted molar refractivity (Wildman–Crippen MR) is 85.9 cm³/mol. The summed E-state index contributed by atoms with van der Waals surface area (Å²) in [5.41, 5.74) is 4.67. The molecule has 0 aromatic rings. The summed E-state index contributed by atoms with van der Waals surface area (Å²) in [5, 5.41) is 20.8. The van der Waals surface area contributed by atoms with Crippen LogP contribution in [0.1, 0.15) is 58.8 Å². The van der Waals surface area contributed by atoms with E-state index in [1.807, 2.05) is 13.0 Å². The molecule has 0 saturated heterocycles. The van der Waals surface area contributed by atoms with E-state index in [1.165, 1.54) is 43.3 Å². The lowest BCUT2D eigenvalue weighted by Gasteiger charge is -2.42. The van der Waals surface area contributed by atoms with E-state index in [-0.39, 0.29) is 0 Å². The summed E-state index contributed by atoms with van der Waals surface area (Å²) in [6.07, 6.45) is 8.82. The van der Waals surface area contributed by atoms with E-state index < -0.39 is 12.2 Å². The second kappa shape index (κ2) is 5.40. The molecule has 4 atom stereocenters. The maximum atomic E-state index is 10.5. The molecule has 3 aliphatic rings. The Bertz CT molecular complexity index is 514. The van der Waals surface area contributed by atoms with Crippen LogP contribution in [0.5, 0.6) is 0 Å². The van der Waals surface area contributed by atoms with Crippen molar-refractivity contribution in [2.24, 2.45) is 11.3 Å². The second-order valence-electron chi connectivity index (χ2n) is 7.39. The minimum Gasteiger partial charge on any atom is -0.388 e. The van der Waals surface area contributed by atoms with Gasteiger partial charge in [0.1, 0.15) is 6.10 Å². The van der Waals surface area contributed by atoms with Gasteiger partial charge in [0.15, 0.2) is 0 Å². The fourth-order valence-corrected chi connectivity index (χ4v) is 5.02. The quantitative estimate of drug-likeness (QED) is 0.664. The topological polar surface area (TPSA) is 40.5 Å². The standard InChI is InChI=1S/C19H28O2/c1-4-13-17(20)11-15(12(2)18(13)21)14-7-5-9-19(3)10-6-8-16(14)19/h4,16-18,20-21H,2,5-11H2,1,3H3. The van der Waals surface area contributed by atoms with E-state index >= 15 is 0 Å². The van der Waals surface area contributed by atoms with Crippen LogP contribution in [0.3, 0.4) is 0 Å². The highest BCUT2D eigenvalue weighted by molar-refractivity contribution is 5.47. The molecule has 116 valence electrons. The van der Waals surface area contributed by atoms with Gasteiger partial charge in [0.2, 0.25) is 0 Å². The summed E-state index contributed by atoms with van der Waals surface area (Å²) in [6, 6.07) is 0. The van der Waals surface area contributed by atoms with Gasteiger partial charge >= 0.3 is 0 Å². The van der Waals surface area contributed by atoms with E-state index in [9.17, 15) is 10.2 Å². The summed E-state index contributed by atoms with van der Waals surface area (Å²) >= 11 is 0. The van der Waals surface area contributed by atoms with Crippen molar-refractivity contribution >= 4 is 0 Å². The first-order chi connectivity index (χ1) is 9.98. The first kappa shape index (κ1) is 15.1. The van der Waals surface area contributed by atoms with Crippen LogP contribution in [0.2, 0.25) is 0 Å². The van der Waals surface area contributed by atoms with E-state index in [4.69, 9.17) is 0 Å². The van der Waals surface area contributed by atoms with Gasteiger partial charge in [-0.1, -0.05) is 31.6 Å². The van der Waals surface area contributed by atoms with Crippen molar-refractivity contribution in [3.8, 4) is 0 Å². The Morgan fingerprint density at radius 3 is 2.67 bits per heavy atom. The van der Waals surface area contributed by atoms with Crippen molar-refractivity contribution in [3.63, 3.8) is 0 Å². The number of allylic oxidation sites excluding steroid dienone is 2. The van der Waals surface area contributed by atoms with Gasteiger partial charge in [0.25, 0.3) is 0 Å². The highest BCUT2D eigenvalue weighted by Gasteiger charge is 2.44. The van der Waals surface area contributed by atoms with Crippen LogP contribution >= 0.6 is 0 Å². The van der Waals surface area contributed by atoms with Gasteiger partial charge in [-0.2, -0.15) is 0 Å². The van der Waals surface area contributed by atoms with Gasteiger partial charge in [-0.3, -0.25) is 0 Å². The van der Waals surface area contributed by atoms with Gasteiger partial charge in [-0.25, -0.2) is 0 Å². The van der Waals surface area contributed by atoms with Crippen LogP contribution in [0.15, 0.2) is 34.9 Å². The maximum absolute atomic E-state index is 10.5. The molecule has 0 bridgehead atoms. The van der Waals surface area contributed by atoms with Gasteiger partial charge in [-0.05, 0) is 67.1 Å². The SMILES string of the molecule is C=C1C(=C2CCCC3(C)CCCC23)CC(O)C(=CC)C1O. The van der Waals surface area contributed by atoms with Gasteiger partial charge < -0.3 is 10.2 Å². The van der Waals surface area contributed by atoms with E-state index in [1.54, 1.807) is 0 Å². The van der Waals surface area contributed by atoms with Gasteiger partial charge in [0.05, 0.1) is 6.10 Å². The summed E-state index contributed by atoms with van der Waals surface area (Å²) in [5.74, 6) is 0.643. The van der Waals surface area contributed by atoms with E-state index in [2.05, 4.69) is 13.5 Å². The molecular formula is C19H28O2. The zero-order valence-corrected chi connectivity index (χ0v) is 13.4. The average molecular weight is 288 g/mol. The van der Waals surface area contributed by atoms with Crippen molar-refractivity contribution in [1.29, 1.82) is 0 Å². The predicted octanol–water partition coefficient (Wildman–Crippen LogP) is 3.90. The van der Waals surface area contributed by atoms with Crippen LogP contribution in [-0.2, 0) is 0 Å². The van der Waals surface area contributed by atoms with Crippen LogP contribution in [0.25, 0.3) is 0 Å². The Kier molecular flexibility index (Phi) is 3.87. The number of rotatable bonds is 0. The third kappa shape index (κ3) is 2.33. The molecule has 2 heteroatoms. The maximum Gasteiger partial charge on any atom is 0.102 e. The normalized spacial score (nSPS) is 46.0. The Morgan fingerprint density at radius 1 is 1.24 bits per heavy atom. The molecule has 0 aromatic heterocycles. The van der Waals surface area contributed by atoms with E-state index in [0.29, 0.717) is 23.3 Å². The van der Waals surface area contributed by atoms with Crippen LogP contribution < -0.4 is 0 Å². The fraction of sp³-hybridized carbons (Fsp3) is 0.684. The number of fused-ring (bicyclic) bond motifs is 1. The van der Waals surface area contributed by atoms with Crippen LogP contribution in [0.4, 0.5) is 0 Å². The summed E-state index contributed by atoms with van der Waals surface area (Å²) in [6.45, 7) is 8.47. The van der Waals surface area contributed by atoms with Crippen LogP contribution in [-0.4, -0.2) is 22.4 Å². The van der Waals surface area contributed by atoms with Crippen molar-refractivity contribution in [2.45, 2.75) is 71.0 Å². The van der Waals surface area contributed by atoms with Gasteiger partial charge in [0, 0.05) is 6.42 Å². The number of hydrogen-bond acceptors (Lipinski definition) is 2. The van der Waals surface area contributed by atoms with Crippen molar-refractivity contribution in [3.05, 3.63) is 34.9 Å².